The highest BCUT2D eigenvalue weighted by atomic mass is 16.5. The van der Waals surface area contributed by atoms with Crippen LogP contribution in [0.2, 0.25) is 0 Å². The molecule has 2 aliphatic rings. The number of ether oxygens (including phenoxy) is 3. The minimum Gasteiger partial charge on any atom is -0.497 e. The third kappa shape index (κ3) is 4.20. The first-order valence-electron chi connectivity index (χ1n) is 8.95. The minimum absolute atomic E-state index is 0.156. The van der Waals surface area contributed by atoms with Crippen molar-refractivity contribution in [3.63, 3.8) is 0 Å². The first kappa shape index (κ1) is 18.3. The summed E-state index contributed by atoms with van der Waals surface area (Å²) in [7, 11) is 1.63. The van der Waals surface area contributed by atoms with Gasteiger partial charge in [-0.25, -0.2) is 0 Å². The summed E-state index contributed by atoms with van der Waals surface area (Å²) in [6, 6.07) is 7.42. The summed E-state index contributed by atoms with van der Waals surface area (Å²) in [5.74, 6) is 0.918. The quantitative estimate of drug-likeness (QED) is 0.723. The molecule has 0 saturated carbocycles. The Labute approximate surface area is 149 Å². The number of carbonyl (C=O) groups is 1. The highest BCUT2D eigenvalue weighted by molar-refractivity contribution is 6.03. The molecule has 1 unspecified atom stereocenters. The van der Waals surface area contributed by atoms with Crippen LogP contribution in [0.3, 0.4) is 0 Å². The van der Waals surface area contributed by atoms with Crippen molar-refractivity contribution >= 4 is 5.78 Å². The lowest BCUT2D eigenvalue weighted by atomic mass is 9.88. The second kappa shape index (κ2) is 8.27. The summed E-state index contributed by atoms with van der Waals surface area (Å²) in [5, 5.41) is 0. The fourth-order valence-electron chi connectivity index (χ4n) is 3.62. The van der Waals surface area contributed by atoms with Crippen LogP contribution in [-0.2, 0) is 9.47 Å². The second-order valence-corrected chi connectivity index (χ2v) is 6.82. The van der Waals surface area contributed by atoms with Crippen LogP contribution >= 0.6 is 0 Å². The summed E-state index contributed by atoms with van der Waals surface area (Å²) < 4.78 is 16.2. The van der Waals surface area contributed by atoms with Crippen molar-refractivity contribution in [2.24, 2.45) is 0 Å². The number of Topliss-reactive ketones (excluding diaryl/α,β-unsaturated/α-hetero) is 1. The molecule has 3 rings (SSSR count). The smallest absolute Gasteiger partial charge is 0.184 e. The minimum atomic E-state index is -0.574. The molecule has 0 bridgehead atoms. The Morgan fingerprint density at radius 1 is 1.04 bits per heavy atom. The molecule has 2 aliphatic heterocycles. The maximum atomic E-state index is 13.5. The van der Waals surface area contributed by atoms with Crippen molar-refractivity contribution in [1.82, 2.24) is 9.80 Å². The molecular formula is C19H28N2O4. The molecule has 6 nitrogen and oxygen atoms in total. The zero-order valence-electron chi connectivity index (χ0n) is 15.2. The predicted octanol–water partition coefficient (Wildman–Crippen LogP) is 1.30. The van der Waals surface area contributed by atoms with Crippen LogP contribution in [0.4, 0.5) is 0 Å². The number of nitrogens with zero attached hydrogens (tertiary/aromatic N) is 2. The molecule has 0 N–H and O–H groups in total. The van der Waals surface area contributed by atoms with Crippen molar-refractivity contribution < 1.29 is 19.0 Å². The molecule has 0 amide bonds. The Hall–Kier alpha value is -1.47. The monoisotopic (exact) mass is 348 g/mol. The van der Waals surface area contributed by atoms with E-state index in [-0.39, 0.29) is 5.78 Å². The van der Waals surface area contributed by atoms with Gasteiger partial charge in [-0.2, -0.15) is 0 Å². The molecule has 1 aromatic rings. The summed E-state index contributed by atoms with van der Waals surface area (Å²) >= 11 is 0. The maximum absolute atomic E-state index is 13.5. The molecule has 0 radical (unpaired) electrons. The summed E-state index contributed by atoms with van der Waals surface area (Å²) in [6.07, 6.45) is 0. The van der Waals surface area contributed by atoms with Crippen molar-refractivity contribution in [3.05, 3.63) is 29.8 Å². The number of methoxy groups -OCH3 is 1. The summed E-state index contributed by atoms with van der Waals surface area (Å²) in [6.45, 7) is 8.90. The van der Waals surface area contributed by atoms with Gasteiger partial charge in [0.15, 0.2) is 5.78 Å². The highest BCUT2D eigenvalue weighted by Gasteiger charge is 2.42. The Balaban J connectivity index is 1.83. The van der Waals surface area contributed by atoms with Gasteiger partial charge in [0.25, 0.3) is 0 Å². The van der Waals surface area contributed by atoms with E-state index in [0.717, 1.165) is 50.7 Å². The molecule has 25 heavy (non-hydrogen) atoms. The zero-order chi connectivity index (χ0) is 17.7. The lowest BCUT2D eigenvalue weighted by molar-refractivity contribution is -0.0332. The standard InChI is InChI=1S/C19H28N2O4/c1-19(21-9-13-25-14-10-21,15-20-7-11-24-12-8-20)18(22)16-3-5-17(23-2)6-4-16/h3-6H,7-15H2,1-2H3. The zero-order valence-corrected chi connectivity index (χ0v) is 15.2. The largest absolute Gasteiger partial charge is 0.497 e. The van der Waals surface area contributed by atoms with Crippen LogP contribution in [0.25, 0.3) is 0 Å². The fourth-order valence-corrected chi connectivity index (χ4v) is 3.62. The molecule has 2 heterocycles. The number of hydrogen-bond donors (Lipinski definition) is 0. The van der Waals surface area contributed by atoms with Crippen LogP contribution in [0.1, 0.15) is 17.3 Å². The van der Waals surface area contributed by atoms with Gasteiger partial charge >= 0.3 is 0 Å². The fraction of sp³-hybridized carbons (Fsp3) is 0.632. The molecule has 0 spiro atoms. The third-order valence-electron chi connectivity index (χ3n) is 5.19. The number of carbonyl (C=O) groups excluding carboxylic acids is 1. The molecule has 2 fully saturated rings. The second-order valence-electron chi connectivity index (χ2n) is 6.82. The Bertz CT molecular complexity index is 565. The molecule has 0 aromatic heterocycles. The van der Waals surface area contributed by atoms with E-state index in [1.54, 1.807) is 7.11 Å². The van der Waals surface area contributed by atoms with Gasteiger partial charge in [-0.05, 0) is 31.2 Å². The Morgan fingerprint density at radius 2 is 1.60 bits per heavy atom. The van der Waals surface area contributed by atoms with Crippen molar-refractivity contribution in [3.8, 4) is 5.75 Å². The van der Waals surface area contributed by atoms with Gasteiger partial charge in [-0.3, -0.25) is 14.6 Å². The van der Waals surface area contributed by atoms with Gasteiger partial charge in [-0.1, -0.05) is 0 Å². The highest BCUT2D eigenvalue weighted by Crippen LogP contribution is 2.25. The van der Waals surface area contributed by atoms with Crippen LogP contribution in [0.15, 0.2) is 24.3 Å². The molecule has 2 saturated heterocycles. The predicted molar refractivity (Wildman–Crippen MR) is 95.4 cm³/mol. The topological polar surface area (TPSA) is 51.2 Å². The SMILES string of the molecule is COc1ccc(C(=O)C(C)(CN2CCOCC2)N2CCOCC2)cc1. The van der Waals surface area contributed by atoms with Gasteiger partial charge in [0.2, 0.25) is 0 Å². The van der Waals surface area contributed by atoms with E-state index in [1.165, 1.54) is 0 Å². The number of benzene rings is 1. The van der Waals surface area contributed by atoms with Crippen LogP contribution in [0.5, 0.6) is 5.75 Å². The van der Waals surface area contributed by atoms with Gasteiger partial charge in [0.1, 0.15) is 5.75 Å². The van der Waals surface area contributed by atoms with E-state index in [9.17, 15) is 4.79 Å². The third-order valence-corrected chi connectivity index (χ3v) is 5.19. The maximum Gasteiger partial charge on any atom is 0.184 e. The average molecular weight is 348 g/mol. The molecule has 6 heteroatoms. The van der Waals surface area contributed by atoms with Gasteiger partial charge in [-0.15, -0.1) is 0 Å². The summed E-state index contributed by atoms with van der Waals surface area (Å²) in [4.78, 5) is 18.1. The lowest BCUT2D eigenvalue weighted by Gasteiger charge is -2.45. The molecule has 0 aliphatic carbocycles. The molecule has 1 atom stereocenters. The average Bonchev–Trinajstić information content (AvgIpc) is 2.69. The molecule has 1 aromatic carbocycles. The lowest BCUT2D eigenvalue weighted by Crippen LogP contribution is -2.62. The number of morpholine rings is 2. The summed E-state index contributed by atoms with van der Waals surface area (Å²) in [5.41, 5.74) is 0.151. The van der Waals surface area contributed by atoms with E-state index in [0.29, 0.717) is 19.8 Å². The van der Waals surface area contributed by atoms with Gasteiger partial charge in [0, 0.05) is 38.3 Å². The van der Waals surface area contributed by atoms with Crippen LogP contribution < -0.4 is 4.74 Å². The number of ketones is 1. The van der Waals surface area contributed by atoms with Crippen LogP contribution in [0, 0.1) is 0 Å². The number of hydrogen-bond acceptors (Lipinski definition) is 6. The van der Waals surface area contributed by atoms with Crippen molar-refractivity contribution in [2.45, 2.75) is 12.5 Å². The van der Waals surface area contributed by atoms with E-state index in [4.69, 9.17) is 14.2 Å². The molecular weight excluding hydrogens is 320 g/mol. The molecule has 138 valence electrons. The van der Waals surface area contributed by atoms with E-state index < -0.39 is 5.54 Å². The van der Waals surface area contributed by atoms with E-state index in [2.05, 4.69) is 16.7 Å². The van der Waals surface area contributed by atoms with Crippen molar-refractivity contribution in [2.75, 3.05) is 66.3 Å². The Morgan fingerprint density at radius 3 is 2.16 bits per heavy atom. The van der Waals surface area contributed by atoms with E-state index in [1.807, 2.05) is 24.3 Å². The first-order chi connectivity index (χ1) is 12.1. The van der Waals surface area contributed by atoms with Crippen LogP contribution in [-0.4, -0.2) is 87.4 Å². The first-order valence-corrected chi connectivity index (χ1v) is 8.95. The normalized spacial score (nSPS) is 22.3. The number of rotatable bonds is 6. The van der Waals surface area contributed by atoms with E-state index >= 15 is 0 Å². The van der Waals surface area contributed by atoms with Gasteiger partial charge in [0.05, 0.1) is 39.1 Å². The van der Waals surface area contributed by atoms with Gasteiger partial charge < -0.3 is 14.2 Å². The Kier molecular flexibility index (Phi) is 6.06. The van der Waals surface area contributed by atoms with Crippen molar-refractivity contribution in [1.29, 1.82) is 0 Å².